The minimum atomic E-state index is -2.90. The summed E-state index contributed by atoms with van der Waals surface area (Å²) in [5, 5.41) is 0. The van der Waals surface area contributed by atoms with Gasteiger partial charge in [0.15, 0.2) is 9.84 Å². The number of hydrogen-bond acceptors (Lipinski definition) is 2. The van der Waals surface area contributed by atoms with Crippen LogP contribution in [0.4, 0.5) is 4.39 Å². The van der Waals surface area contributed by atoms with Crippen LogP contribution in [0.1, 0.15) is 12.0 Å². The molecular formula is C13H15BrClFO2S. The SMILES string of the molecule is O=S1(=O)CCC(C(CCl)Cc2cc(F)cc(Br)c2)C1. The Hall–Kier alpha value is -0.130. The second-order valence-electron chi connectivity index (χ2n) is 5.06. The molecule has 1 heterocycles. The lowest BCUT2D eigenvalue weighted by Crippen LogP contribution is -2.20. The zero-order chi connectivity index (χ0) is 14.0. The third-order valence-electron chi connectivity index (χ3n) is 3.55. The van der Waals surface area contributed by atoms with Crippen LogP contribution in [-0.2, 0) is 16.3 Å². The third-order valence-corrected chi connectivity index (χ3v) is 6.20. The van der Waals surface area contributed by atoms with Gasteiger partial charge >= 0.3 is 0 Å². The normalized spacial score (nSPS) is 23.4. The molecule has 2 unspecified atom stereocenters. The predicted octanol–water partition coefficient (Wildman–Crippen LogP) is 3.42. The summed E-state index contributed by atoms with van der Waals surface area (Å²) in [6.45, 7) is 0. The zero-order valence-corrected chi connectivity index (χ0v) is 13.4. The van der Waals surface area contributed by atoms with Crippen LogP contribution in [-0.4, -0.2) is 25.8 Å². The molecule has 2 atom stereocenters. The molecule has 1 saturated heterocycles. The van der Waals surface area contributed by atoms with Gasteiger partial charge in [0.2, 0.25) is 0 Å². The molecule has 0 spiro atoms. The molecule has 1 fully saturated rings. The fourth-order valence-electron chi connectivity index (χ4n) is 2.57. The van der Waals surface area contributed by atoms with E-state index in [4.69, 9.17) is 11.6 Å². The minimum absolute atomic E-state index is 0.0765. The van der Waals surface area contributed by atoms with Crippen molar-refractivity contribution in [1.82, 2.24) is 0 Å². The highest BCUT2D eigenvalue weighted by atomic mass is 79.9. The van der Waals surface area contributed by atoms with Gasteiger partial charge in [0, 0.05) is 10.4 Å². The first kappa shape index (κ1) is 15.3. The maximum Gasteiger partial charge on any atom is 0.150 e. The van der Waals surface area contributed by atoms with Gasteiger partial charge in [0.1, 0.15) is 5.82 Å². The van der Waals surface area contributed by atoms with E-state index in [2.05, 4.69) is 15.9 Å². The Balaban J connectivity index is 2.11. The van der Waals surface area contributed by atoms with Crippen LogP contribution >= 0.6 is 27.5 Å². The first-order valence-corrected chi connectivity index (χ1v) is 9.26. The number of alkyl halides is 1. The van der Waals surface area contributed by atoms with Crippen LogP contribution in [0.3, 0.4) is 0 Å². The molecule has 0 amide bonds. The smallest absolute Gasteiger partial charge is 0.150 e. The van der Waals surface area contributed by atoms with Gasteiger partial charge in [-0.25, -0.2) is 12.8 Å². The maximum atomic E-state index is 13.3. The first-order valence-electron chi connectivity index (χ1n) is 6.11. The highest BCUT2D eigenvalue weighted by Crippen LogP contribution is 2.30. The van der Waals surface area contributed by atoms with Crippen molar-refractivity contribution in [2.24, 2.45) is 11.8 Å². The zero-order valence-electron chi connectivity index (χ0n) is 10.3. The maximum absolute atomic E-state index is 13.3. The Kier molecular flexibility index (Phi) is 4.90. The van der Waals surface area contributed by atoms with Gasteiger partial charge in [-0.1, -0.05) is 15.9 Å². The van der Waals surface area contributed by atoms with Gasteiger partial charge in [0.25, 0.3) is 0 Å². The van der Waals surface area contributed by atoms with E-state index in [1.807, 2.05) is 6.07 Å². The van der Waals surface area contributed by atoms with Crippen molar-refractivity contribution in [2.75, 3.05) is 17.4 Å². The summed E-state index contributed by atoms with van der Waals surface area (Å²) in [6.07, 6.45) is 1.27. The fourth-order valence-corrected chi connectivity index (χ4v) is 5.37. The summed E-state index contributed by atoms with van der Waals surface area (Å²) in [7, 11) is -2.90. The summed E-state index contributed by atoms with van der Waals surface area (Å²) in [5.74, 6) is 0.724. The van der Waals surface area contributed by atoms with E-state index in [0.717, 1.165) is 5.56 Å². The van der Waals surface area contributed by atoms with Gasteiger partial charge in [-0.05, 0) is 48.4 Å². The van der Waals surface area contributed by atoms with Crippen molar-refractivity contribution >= 4 is 37.4 Å². The molecule has 0 radical (unpaired) electrons. The molecule has 19 heavy (non-hydrogen) atoms. The monoisotopic (exact) mass is 368 g/mol. The third kappa shape index (κ3) is 4.17. The largest absolute Gasteiger partial charge is 0.229 e. The highest BCUT2D eigenvalue weighted by molar-refractivity contribution is 9.10. The number of benzene rings is 1. The average molecular weight is 370 g/mol. The summed E-state index contributed by atoms with van der Waals surface area (Å²) >= 11 is 9.23. The van der Waals surface area contributed by atoms with E-state index >= 15 is 0 Å². The lowest BCUT2D eigenvalue weighted by Gasteiger charge is -2.20. The van der Waals surface area contributed by atoms with Crippen molar-refractivity contribution < 1.29 is 12.8 Å². The summed E-state index contributed by atoms with van der Waals surface area (Å²) in [4.78, 5) is 0. The van der Waals surface area contributed by atoms with Crippen LogP contribution < -0.4 is 0 Å². The molecule has 0 aromatic heterocycles. The van der Waals surface area contributed by atoms with E-state index in [1.165, 1.54) is 12.1 Å². The Morgan fingerprint density at radius 1 is 1.42 bits per heavy atom. The van der Waals surface area contributed by atoms with Gasteiger partial charge in [-0.2, -0.15) is 0 Å². The van der Waals surface area contributed by atoms with E-state index < -0.39 is 9.84 Å². The molecule has 0 bridgehead atoms. The Morgan fingerprint density at radius 3 is 2.68 bits per heavy atom. The molecule has 106 valence electrons. The Morgan fingerprint density at radius 2 is 2.16 bits per heavy atom. The van der Waals surface area contributed by atoms with Crippen LogP contribution in [0.2, 0.25) is 0 Å². The molecule has 2 nitrogen and oxygen atoms in total. The molecule has 0 aliphatic carbocycles. The predicted molar refractivity (Wildman–Crippen MR) is 78.8 cm³/mol. The van der Waals surface area contributed by atoms with E-state index in [9.17, 15) is 12.8 Å². The molecule has 2 rings (SSSR count). The second-order valence-corrected chi connectivity index (χ2v) is 8.51. The molecule has 0 N–H and O–H groups in total. The van der Waals surface area contributed by atoms with Crippen molar-refractivity contribution in [3.63, 3.8) is 0 Å². The number of hydrogen-bond donors (Lipinski definition) is 0. The lowest BCUT2D eigenvalue weighted by atomic mass is 9.88. The van der Waals surface area contributed by atoms with Crippen LogP contribution in [0, 0.1) is 17.7 Å². The van der Waals surface area contributed by atoms with E-state index in [0.29, 0.717) is 23.2 Å². The topological polar surface area (TPSA) is 34.1 Å². The number of rotatable bonds is 4. The van der Waals surface area contributed by atoms with Gasteiger partial charge in [-0.15, -0.1) is 11.6 Å². The van der Waals surface area contributed by atoms with Crippen molar-refractivity contribution in [3.05, 3.63) is 34.1 Å². The molecular weight excluding hydrogens is 355 g/mol. The Bertz CT molecular complexity index is 542. The van der Waals surface area contributed by atoms with Gasteiger partial charge in [0.05, 0.1) is 11.5 Å². The molecule has 6 heteroatoms. The standard InChI is InChI=1S/C13H15BrClFO2S/c14-12-4-9(5-13(16)6-12)3-11(7-15)10-1-2-19(17,18)8-10/h4-6,10-11H,1-3,7-8H2. The van der Waals surface area contributed by atoms with Crippen LogP contribution in [0.25, 0.3) is 0 Å². The lowest BCUT2D eigenvalue weighted by molar-refractivity contribution is 0.397. The summed E-state index contributed by atoms with van der Waals surface area (Å²) < 4.78 is 37.0. The first-order chi connectivity index (χ1) is 8.89. The van der Waals surface area contributed by atoms with Gasteiger partial charge < -0.3 is 0 Å². The van der Waals surface area contributed by atoms with E-state index in [1.54, 1.807) is 0 Å². The molecule has 1 aliphatic rings. The molecule has 1 aromatic rings. The van der Waals surface area contributed by atoms with Crippen LogP contribution in [0.15, 0.2) is 22.7 Å². The molecule has 0 saturated carbocycles. The number of sulfone groups is 1. The summed E-state index contributed by atoms with van der Waals surface area (Å²) in [5.41, 5.74) is 0.849. The fraction of sp³-hybridized carbons (Fsp3) is 0.538. The highest BCUT2D eigenvalue weighted by Gasteiger charge is 2.33. The molecule has 1 aliphatic heterocycles. The minimum Gasteiger partial charge on any atom is -0.229 e. The van der Waals surface area contributed by atoms with Crippen LogP contribution in [0.5, 0.6) is 0 Å². The average Bonchev–Trinajstić information content (AvgIpc) is 2.65. The quantitative estimate of drug-likeness (QED) is 0.762. The van der Waals surface area contributed by atoms with E-state index in [-0.39, 0.29) is 29.2 Å². The van der Waals surface area contributed by atoms with Crippen molar-refractivity contribution in [3.8, 4) is 0 Å². The van der Waals surface area contributed by atoms with Crippen molar-refractivity contribution in [2.45, 2.75) is 12.8 Å². The second kappa shape index (κ2) is 6.10. The van der Waals surface area contributed by atoms with Crippen molar-refractivity contribution in [1.29, 1.82) is 0 Å². The molecule has 1 aromatic carbocycles. The summed E-state index contributed by atoms with van der Waals surface area (Å²) in [6, 6.07) is 4.74. The van der Waals surface area contributed by atoms with Gasteiger partial charge in [-0.3, -0.25) is 0 Å². The Labute approximate surface area is 126 Å². The number of halogens is 3.